The molecular weight excluding hydrogens is 276 g/mol. The molecule has 0 atom stereocenters. The third-order valence-corrected chi connectivity index (χ3v) is 3.83. The van der Waals surface area contributed by atoms with Crippen LogP contribution >= 0.6 is 0 Å². The third kappa shape index (κ3) is 2.89. The van der Waals surface area contributed by atoms with Crippen LogP contribution in [0.15, 0.2) is 12.1 Å². The molecule has 0 spiro atoms. The van der Waals surface area contributed by atoms with E-state index in [2.05, 4.69) is 40.2 Å². The Labute approximate surface area is 131 Å². The molecule has 3 rings (SSSR count). The summed E-state index contributed by atoms with van der Waals surface area (Å²) >= 11 is 0. The van der Waals surface area contributed by atoms with E-state index >= 15 is 0 Å². The van der Waals surface area contributed by atoms with Crippen LogP contribution in [0.5, 0.6) is 5.75 Å². The molecule has 1 N–H and O–H groups in total. The van der Waals surface area contributed by atoms with Crippen LogP contribution in [-0.4, -0.2) is 21.5 Å². The molecule has 0 aromatic carbocycles. The molecule has 2 aromatic heterocycles. The Bertz CT molecular complexity index is 674. The van der Waals surface area contributed by atoms with Gasteiger partial charge in [-0.15, -0.1) is 0 Å². The maximum Gasteiger partial charge on any atom is 0.162 e. The normalized spacial score (nSPS) is 13.1. The number of aryl methyl sites for hydroxylation is 2. The van der Waals surface area contributed by atoms with E-state index < -0.39 is 0 Å². The van der Waals surface area contributed by atoms with Crippen molar-refractivity contribution in [3.63, 3.8) is 0 Å². The van der Waals surface area contributed by atoms with Crippen LogP contribution in [0.3, 0.4) is 0 Å². The lowest BCUT2D eigenvalue weighted by atomic mass is 10.2. The Morgan fingerprint density at radius 1 is 1.14 bits per heavy atom. The second kappa shape index (κ2) is 5.91. The first-order valence-electron chi connectivity index (χ1n) is 7.75. The quantitative estimate of drug-likeness (QED) is 0.939. The van der Waals surface area contributed by atoms with E-state index in [1.165, 1.54) is 5.56 Å². The molecule has 0 radical (unpaired) electrons. The highest BCUT2D eigenvalue weighted by Gasteiger charge is 2.14. The number of nitrogens with one attached hydrogen (secondary N) is 1. The predicted molar refractivity (Wildman–Crippen MR) is 86.4 cm³/mol. The topological polar surface area (TPSA) is 59.9 Å². The summed E-state index contributed by atoms with van der Waals surface area (Å²) in [5.74, 6) is 2.93. The minimum absolute atomic E-state index is 0.316. The van der Waals surface area contributed by atoms with Crippen LogP contribution in [0, 0.1) is 13.8 Å². The molecule has 3 heterocycles. The van der Waals surface area contributed by atoms with E-state index in [4.69, 9.17) is 4.74 Å². The van der Waals surface area contributed by atoms with Gasteiger partial charge in [0.05, 0.1) is 17.1 Å². The molecule has 2 aromatic rings. The Hall–Kier alpha value is -2.17. The van der Waals surface area contributed by atoms with Gasteiger partial charge < -0.3 is 10.1 Å². The van der Waals surface area contributed by atoms with Crippen LogP contribution in [0.4, 0.5) is 5.82 Å². The molecule has 22 heavy (non-hydrogen) atoms. The maximum absolute atomic E-state index is 5.93. The molecular formula is C17H22N4O. The largest absolute Gasteiger partial charge is 0.483 e. The van der Waals surface area contributed by atoms with E-state index in [0.717, 1.165) is 47.4 Å². The summed E-state index contributed by atoms with van der Waals surface area (Å²) in [7, 11) is 0. The Kier molecular flexibility index (Phi) is 3.96. The van der Waals surface area contributed by atoms with Crippen LogP contribution < -0.4 is 10.1 Å². The molecule has 0 amide bonds. The highest BCUT2D eigenvalue weighted by molar-refractivity contribution is 5.49. The van der Waals surface area contributed by atoms with Crippen molar-refractivity contribution in [2.75, 3.05) is 11.9 Å². The first-order valence-corrected chi connectivity index (χ1v) is 7.75. The minimum atomic E-state index is 0.316. The lowest BCUT2D eigenvalue weighted by Gasteiger charge is -2.13. The summed E-state index contributed by atoms with van der Waals surface area (Å²) in [5, 5.41) is 3.29. The molecule has 0 fully saturated rings. The summed E-state index contributed by atoms with van der Waals surface area (Å²) in [6.45, 7) is 9.52. The predicted octanol–water partition coefficient (Wildman–Crippen LogP) is 3.16. The number of rotatable bonds is 4. The molecule has 116 valence electrons. The van der Waals surface area contributed by atoms with Gasteiger partial charge in [0.1, 0.15) is 18.2 Å². The fourth-order valence-electron chi connectivity index (χ4n) is 2.62. The van der Waals surface area contributed by atoms with Crippen LogP contribution in [0.2, 0.25) is 0 Å². The lowest BCUT2D eigenvalue weighted by molar-refractivity contribution is 0.293. The molecule has 0 aliphatic carbocycles. The summed E-state index contributed by atoms with van der Waals surface area (Å²) in [6, 6.07) is 4.15. The van der Waals surface area contributed by atoms with Gasteiger partial charge in [-0.2, -0.15) is 0 Å². The van der Waals surface area contributed by atoms with Crippen molar-refractivity contribution in [1.82, 2.24) is 15.0 Å². The van der Waals surface area contributed by atoms with E-state index in [9.17, 15) is 0 Å². The van der Waals surface area contributed by atoms with Crippen molar-refractivity contribution in [3.8, 4) is 5.75 Å². The average molecular weight is 298 g/mol. The van der Waals surface area contributed by atoms with E-state index in [1.54, 1.807) is 0 Å². The summed E-state index contributed by atoms with van der Waals surface area (Å²) < 4.78 is 5.93. The van der Waals surface area contributed by atoms with Gasteiger partial charge in [0.15, 0.2) is 5.75 Å². The SMILES string of the molecule is Cc1nc(C(C)C)nc(C)c1OCc1ccc2c(n1)NCC2. The van der Waals surface area contributed by atoms with E-state index in [-0.39, 0.29) is 0 Å². The first kappa shape index (κ1) is 14.8. The number of ether oxygens (including phenoxy) is 1. The van der Waals surface area contributed by atoms with Crippen molar-refractivity contribution in [2.24, 2.45) is 0 Å². The van der Waals surface area contributed by atoms with Crippen LogP contribution in [0.1, 0.15) is 48.2 Å². The smallest absolute Gasteiger partial charge is 0.162 e. The Morgan fingerprint density at radius 2 is 1.86 bits per heavy atom. The number of hydrogen-bond acceptors (Lipinski definition) is 5. The molecule has 5 nitrogen and oxygen atoms in total. The molecule has 5 heteroatoms. The van der Waals surface area contributed by atoms with Crippen LogP contribution in [0.25, 0.3) is 0 Å². The minimum Gasteiger partial charge on any atom is -0.483 e. The van der Waals surface area contributed by atoms with Gasteiger partial charge >= 0.3 is 0 Å². The van der Waals surface area contributed by atoms with Crippen molar-refractivity contribution < 1.29 is 4.74 Å². The summed E-state index contributed by atoms with van der Waals surface area (Å²) in [6.07, 6.45) is 1.05. The van der Waals surface area contributed by atoms with Crippen molar-refractivity contribution >= 4 is 5.82 Å². The Balaban J connectivity index is 1.76. The zero-order valence-electron chi connectivity index (χ0n) is 13.6. The summed E-state index contributed by atoms with van der Waals surface area (Å²) in [4.78, 5) is 13.7. The zero-order chi connectivity index (χ0) is 15.7. The highest BCUT2D eigenvalue weighted by atomic mass is 16.5. The zero-order valence-corrected chi connectivity index (χ0v) is 13.6. The monoisotopic (exact) mass is 298 g/mol. The number of pyridine rings is 1. The molecule has 0 unspecified atom stereocenters. The van der Waals surface area contributed by atoms with Gasteiger partial charge in [0.25, 0.3) is 0 Å². The second-order valence-electron chi connectivity index (χ2n) is 6.01. The second-order valence-corrected chi connectivity index (χ2v) is 6.01. The number of aromatic nitrogens is 3. The highest BCUT2D eigenvalue weighted by Crippen LogP contribution is 2.24. The van der Waals surface area contributed by atoms with Gasteiger partial charge in [-0.1, -0.05) is 19.9 Å². The number of hydrogen-bond donors (Lipinski definition) is 1. The van der Waals surface area contributed by atoms with E-state index in [0.29, 0.717) is 12.5 Å². The standard InChI is InChI=1S/C17H22N4O/c1-10(2)16-19-11(3)15(12(4)20-16)22-9-14-6-5-13-7-8-18-17(13)21-14/h5-6,10H,7-9H2,1-4H3,(H,18,21). The fourth-order valence-corrected chi connectivity index (χ4v) is 2.62. The van der Waals surface area contributed by atoms with Crippen LogP contribution in [-0.2, 0) is 13.0 Å². The number of fused-ring (bicyclic) bond motifs is 1. The van der Waals surface area contributed by atoms with Gasteiger partial charge in [-0.25, -0.2) is 15.0 Å². The van der Waals surface area contributed by atoms with Crippen molar-refractivity contribution in [2.45, 2.75) is 46.6 Å². The summed E-state index contributed by atoms with van der Waals surface area (Å²) in [5.41, 5.74) is 3.96. The third-order valence-electron chi connectivity index (χ3n) is 3.83. The number of anilines is 1. The lowest BCUT2D eigenvalue weighted by Crippen LogP contribution is -2.07. The van der Waals surface area contributed by atoms with Gasteiger partial charge in [-0.05, 0) is 31.9 Å². The Morgan fingerprint density at radius 3 is 2.55 bits per heavy atom. The molecule has 0 bridgehead atoms. The average Bonchev–Trinajstić information content (AvgIpc) is 2.93. The first-order chi connectivity index (χ1) is 10.5. The maximum atomic E-state index is 5.93. The molecule has 0 saturated heterocycles. The van der Waals surface area contributed by atoms with Gasteiger partial charge in [0.2, 0.25) is 0 Å². The molecule has 1 aliphatic heterocycles. The number of nitrogens with zero attached hydrogens (tertiary/aromatic N) is 3. The fraction of sp³-hybridized carbons (Fsp3) is 0.471. The van der Waals surface area contributed by atoms with Gasteiger partial charge in [0, 0.05) is 12.5 Å². The van der Waals surface area contributed by atoms with Crippen molar-refractivity contribution in [1.29, 1.82) is 0 Å². The molecule has 1 aliphatic rings. The van der Waals surface area contributed by atoms with E-state index in [1.807, 2.05) is 19.9 Å². The molecule has 0 saturated carbocycles. The van der Waals surface area contributed by atoms with Gasteiger partial charge in [-0.3, -0.25) is 0 Å². The van der Waals surface area contributed by atoms with Crippen molar-refractivity contribution in [3.05, 3.63) is 40.6 Å².